The highest BCUT2D eigenvalue weighted by Crippen LogP contribution is 2.18. The Morgan fingerprint density at radius 2 is 2.28 bits per heavy atom. The van der Waals surface area contributed by atoms with Crippen molar-refractivity contribution in [2.75, 3.05) is 32.5 Å². The predicted molar refractivity (Wildman–Crippen MR) is 73.6 cm³/mol. The van der Waals surface area contributed by atoms with Crippen molar-refractivity contribution < 1.29 is 9.53 Å². The summed E-state index contributed by atoms with van der Waals surface area (Å²) >= 11 is 0. The van der Waals surface area contributed by atoms with Crippen LogP contribution in [0.4, 0.5) is 5.69 Å². The van der Waals surface area contributed by atoms with E-state index >= 15 is 0 Å². The molecule has 98 valence electrons. The fraction of sp³-hybridized carbons (Fsp3) is 0.357. The van der Waals surface area contributed by atoms with Gasteiger partial charge in [-0.05, 0) is 18.6 Å². The van der Waals surface area contributed by atoms with E-state index in [2.05, 4.69) is 6.58 Å². The van der Waals surface area contributed by atoms with E-state index < -0.39 is 0 Å². The number of methoxy groups -OCH3 is 1. The third kappa shape index (κ3) is 3.34. The first-order chi connectivity index (χ1) is 8.61. The van der Waals surface area contributed by atoms with Crippen LogP contribution in [0.5, 0.6) is 0 Å². The molecule has 0 radical (unpaired) electrons. The number of rotatable bonds is 6. The quantitative estimate of drug-likeness (QED) is 0.617. The van der Waals surface area contributed by atoms with Gasteiger partial charge in [0.05, 0.1) is 12.2 Å². The lowest BCUT2D eigenvalue weighted by Crippen LogP contribution is -2.34. The van der Waals surface area contributed by atoms with Crippen molar-refractivity contribution in [1.82, 2.24) is 4.90 Å². The van der Waals surface area contributed by atoms with Crippen LogP contribution in [0.2, 0.25) is 0 Å². The summed E-state index contributed by atoms with van der Waals surface area (Å²) in [7, 11) is 1.61. The smallest absolute Gasteiger partial charge is 0.256 e. The van der Waals surface area contributed by atoms with Gasteiger partial charge in [0.1, 0.15) is 0 Å². The van der Waals surface area contributed by atoms with Crippen LogP contribution in [0.25, 0.3) is 0 Å². The van der Waals surface area contributed by atoms with Crippen molar-refractivity contribution in [2.45, 2.75) is 6.92 Å². The van der Waals surface area contributed by atoms with E-state index in [9.17, 15) is 4.79 Å². The molecule has 0 bridgehead atoms. The molecule has 4 nitrogen and oxygen atoms in total. The molecule has 0 heterocycles. The van der Waals surface area contributed by atoms with Crippen molar-refractivity contribution >= 4 is 11.6 Å². The molecule has 0 saturated carbocycles. The van der Waals surface area contributed by atoms with Gasteiger partial charge in [0.2, 0.25) is 0 Å². The molecule has 0 fully saturated rings. The Hall–Kier alpha value is -1.81. The summed E-state index contributed by atoms with van der Waals surface area (Å²) in [5, 5.41) is 0. The Balaban J connectivity index is 2.94. The Bertz CT molecular complexity index is 430. The minimum Gasteiger partial charge on any atom is -0.398 e. The van der Waals surface area contributed by atoms with E-state index in [1.807, 2.05) is 19.1 Å². The van der Waals surface area contributed by atoms with Crippen molar-refractivity contribution in [2.24, 2.45) is 0 Å². The zero-order chi connectivity index (χ0) is 13.5. The van der Waals surface area contributed by atoms with Crippen LogP contribution >= 0.6 is 0 Å². The fourth-order valence-electron chi connectivity index (χ4n) is 1.67. The number of anilines is 1. The second-order valence-corrected chi connectivity index (χ2v) is 4.07. The van der Waals surface area contributed by atoms with Crippen molar-refractivity contribution in [3.05, 3.63) is 42.0 Å². The Kier molecular flexibility index (Phi) is 5.39. The van der Waals surface area contributed by atoms with Gasteiger partial charge in [-0.1, -0.05) is 18.2 Å². The third-order valence-electron chi connectivity index (χ3n) is 2.76. The zero-order valence-electron chi connectivity index (χ0n) is 11.0. The number of ether oxygens (including phenoxy) is 1. The van der Waals surface area contributed by atoms with Gasteiger partial charge < -0.3 is 15.4 Å². The number of para-hydroxylation sites is 1. The minimum atomic E-state index is -0.0897. The standard InChI is InChI=1S/C14H20N2O2/c1-4-8-16(9-10-18-3)14(17)12-7-5-6-11(2)13(12)15/h4-7H,1,8-10,15H2,2-3H3. The molecule has 4 heteroatoms. The summed E-state index contributed by atoms with van der Waals surface area (Å²) in [6, 6.07) is 5.47. The van der Waals surface area contributed by atoms with E-state index in [0.717, 1.165) is 5.56 Å². The summed E-state index contributed by atoms with van der Waals surface area (Å²) in [4.78, 5) is 14.0. The van der Waals surface area contributed by atoms with Gasteiger partial charge in [-0.2, -0.15) is 0 Å². The van der Waals surface area contributed by atoms with Crippen LogP contribution in [0, 0.1) is 6.92 Å². The molecule has 0 unspecified atom stereocenters. The van der Waals surface area contributed by atoms with Crippen LogP contribution in [0.3, 0.4) is 0 Å². The molecule has 0 aliphatic rings. The number of nitrogens with zero attached hydrogens (tertiary/aromatic N) is 1. The largest absolute Gasteiger partial charge is 0.398 e. The average Bonchev–Trinajstić information content (AvgIpc) is 2.37. The highest BCUT2D eigenvalue weighted by atomic mass is 16.5. The Morgan fingerprint density at radius 1 is 1.56 bits per heavy atom. The van der Waals surface area contributed by atoms with Crippen LogP contribution in [-0.2, 0) is 4.74 Å². The molecule has 1 rings (SSSR count). The molecule has 1 aromatic carbocycles. The second-order valence-electron chi connectivity index (χ2n) is 4.07. The lowest BCUT2D eigenvalue weighted by molar-refractivity contribution is 0.0719. The van der Waals surface area contributed by atoms with Crippen LogP contribution in [0.1, 0.15) is 15.9 Å². The summed E-state index contributed by atoms with van der Waals surface area (Å²) < 4.78 is 5.00. The van der Waals surface area contributed by atoms with E-state index in [0.29, 0.717) is 30.9 Å². The maximum atomic E-state index is 12.4. The first-order valence-corrected chi connectivity index (χ1v) is 5.86. The van der Waals surface area contributed by atoms with Crippen LogP contribution in [0.15, 0.2) is 30.9 Å². The molecule has 0 atom stereocenters. The summed E-state index contributed by atoms with van der Waals surface area (Å²) in [5.74, 6) is -0.0897. The molecule has 0 spiro atoms. The number of nitrogens with two attached hydrogens (primary N) is 1. The van der Waals surface area contributed by atoms with Gasteiger partial charge in [0.15, 0.2) is 0 Å². The molecular formula is C14H20N2O2. The van der Waals surface area contributed by atoms with Gasteiger partial charge in [0.25, 0.3) is 5.91 Å². The molecule has 2 N–H and O–H groups in total. The maximum Gasteiger partial charge on any atom is 0.256 e. The predicted octanol–water partition coefficient (Wildman–Crippen LogP) is 1.85. The summed E-state index contributed by atoms with van der Waals surface area (Å²) in [5.41, 5.74) is 7.92. The number of amides is 1. The maximum absolute atomic E-state index is 12.4. The van der Waals surface area contributed by atoms with E-state index in [4.69, 9.17) is 10.5 Å². The minimum absolute atomic E-state index is 0.0897. The molecule has 0 saturated heterocycles. The van der Waals surface area contributed by atoms with Crippen molar-refractivity contribution in [1.29, 1.82) is 0 Å². The zero-order valence-corrected chi connectivity index (χ0v) is 11.0. The van der Waals surface area contributed by atoms with Gasteiger partial charge in [-0.3, -0.25) is 4.79 Å². The van der Waals surface area contributed by atoms with Gasteiger partial charge >= 0.3 is 0 Å². The van der Waals surface area contributed by atoms with Crippen LogP contribution < -0.4 is 5.73 Å². The number of nitrogen functional groups attached to an aromatic ring is 1. The molecule has 0 aromatic heterocycles. The lowest BCUT2D eigenvalue weighted by atomic mass is 10.1. The third-order valence-corrected chi connectivity index (χ3v) is 2.76. The molecule has 0 aliphatic carbocycles. The number of hydrogen-bond donors (Lipinski definition) is 1. The Morgan fingerprint density at radius 3 is 2.89 bits per heavy atom. The first kappa shape index (κ1) is 14.3. The van der Waals surface area contributed by atoms with Crippen molar-refractivity contribution in [3.63, 3.8) is 0 Å². The van der Waals surface area contributed by atoms with E-state index in [-0.39, 0.29) is 5.91 Å². The van der Waals surface area contributed by atoms with Crippen LogP contribution in [-0.4, -0.2) is 37.6 Å². The molecule has 1 aromatic rings. The molecular weight excluding hydrogens is 228 g/mol. The molecule has 1 amide bonds. The fourth-order valence-corrected chi connectivity index (χ4v) is 1.67. The molecule has 0 aliphatic heterocycles. The average molecular weight is 248 g/mol. The summed E-state index contributed by atoms with van der Waals surface area (Å²) in [6.07, 6.45) is 1.69. The number of carbonyl (C=O) groups excluding carboxylic acids is 1. The number of aryl methyl sites for hydroxylation is 1. The summed E-state index contributed by atoms with van der Waals surface area (Å²) in [6.45, 7) is 7.04. The SMILES string of the molecule is C=CCN(CCOC)C(=O)c1cccc(C)c1N. The normalized spacial score (nSPS) is 10.1. The number of hydrogen-bond acceptors (Lipinski definition) is 3. The first-order valence-electron chi connectivity index (χ1n) is 5.86. The Labute approximate surface area is 108 Å². The number of benzene rings is 1. The van der Waals surface area contributed by atoms with Gasteiger partial charge in [0, 0.05) is 25.9 Å². The number of carbonyl (C=O) groups is 1. The van der Waals surface area contributed by atoms with Gasteiger partial charge in [-0.25, -0.2) is 0 Å². The highest BCUT2D eigenvalue weighted by molar-refractivity contribution is 5.99. The lowest BCUT2D eigenvalue weighted by Gasteiger charge is -2.21. The van der Waals surface area contributed by atoms with Gasteiger partial charge in [-0.15, -0.1) is 6.58 Å². The highest BCUT2D eigenvalue weighted by Gasteiger charge is 2.17. The van der Waals surface area contributed by atoms with Crippen molar-refractivity contribution in [3.8, 4) is 0 Å². The second kappa shape index (κ2) is 6.81. The molecule has 18 heavy (non-hydrogen) atoms. The topological polar surface area (TPSA) is 55.6 Å². The monoisotopic (exact) mass is 248 g/mol. The van der Waals surface area contributed by atoms with E-state index in [1.54, 1.807) is 24.2 Å². The van der Waals surface area contributed by atoms with E-state index in [1.165, 1.54) is 0 Å².